The van der Waals surface area contributed by atoms with Gasteiger partial charge in [-0.15, -0.1) is 0 Å². The van der Waals surface area contributed by atoms with Crippen molar-refractivity contribution in [1.82, 2.24) is 10.2 Å². The molecule has 0 bridgehead atoms. The van der Waals surface area contributed by atoms with Gasteiger partial charge in [0.2, 0.25) is 5.82 Å². The van der Waals surface area contributed by atoms with E-state index in [1.807, 2.05) is 0 Å². The predicted molar refractivity (Wildman–Crippen MR) is 66.0 cm³/mol. The van der Waals surface area contributed by atoms with Gasteiger partial charge in [-0.1, -0.05) is 0 Å². The van der Waals surface area contributed by atoms with Crippen LogP contribution < -0.4 is 5.32 Å². The molecule has 1 aliphatic heterocycles. The van der Waals surface area contributed by atoms with Crippen molar-refractivity contribution in [3.8, 4) is 5.75 Å². The Morgan fingerprint density at radius 2 is 1.90 bits per heavy atom. The minimum absolute atomic E-state index is 0.0987. The number of aromatic hydroxyl groups is 1. The number of rotatable bonds is 2. The molecule has 0 atom stereocenters. The van der Waals surface area contributed by atoms with Crippen LogP contribution in [-0.4, -0.2) is 42.1 Å². The van der Waals surface area contributed by atoms with Crippen molar-refractivity contribution < 1.29 is 23.1 Å². The lowest BCUT2D eigenvalue weighted by Crippen LogP contribution is -2.44. The van der Waals surface area contributed by atoms with Crippen LogP contribution in [0.2, 0.25) is 0 Å². The Labute approximate surface area is 114 Å². The molecule has 1 saturated heterocycles. The Morgan fingerprint density at radius 3 is 2.50 bits per heavy atom. The topological polar surface area (TPSA) is 52.6 Å². The van der Waals surface area contributed by atoms with E-state index in [0.29, 0.717) is 18.9 Å². The molecule has 0 saturated carbocycles. The van der Waals surface area contributed by atoms with Crippen LogP contribution in [0.3, 0.4) is 0 Å². The van der Waals surface area contributed by atoms with Gasteiger partial charge in [-0.25, -0.2) is 8.78 Å². The number of hydrogen-bond acceptors (Lipinski definition) is 3. The van der Waals surface area contributed by atoms with E-state index in [4.69, 9.17) is 5.11 Å². The number of nitrogens with zero attached hydrogens (tertiary/aromatic N) is 1. The third-order valence-electron chi connectivity index (χ3n) is 3.54. The molecule has 110 valence electrons. The van der Waals surface area contributed by atoms with Crippen LogP contribution in [0, 0.1) is 17.5 Å². The summed E-state index contributed by atoms with van der Waals surface area (Å²) in [6.07, 6.45) is 1.39. The maximum atomic E-state index is 13.7. The predicted octanol–water partition coefficient (Wildman–Crippen LogP) is 1.63. The van der Waals surface area contributed by atoms with E-state index in [1.54, 1.807) is 0 Å². The number of piperidine rings is 1. The van der Waals surface area contributed by atoms with Crippen LogP contribution >= 0.6 is 0 Å². The average molecular weight is 288 g/mol. The minimum Gasteiger partial charge on any atom is -0.503 e. The second-order valence-electron chi connectivity index (χ2n) is 4.78. The molecule has 20 heavy (non-hydrogen) atoms. The fraction of sp³-hybridized carbons (Fsp3) is 0.462. The molecule has 1 fully saturated rings. The number of phenols is 1. The SMILES string of the molecule is CN(C(=O)c1cc(F)c(F)c(O)c1F)C1CCNCC1. The molecule has 1 aromatic carbocycles. The van der Waals surface area contributed by atoms with E-state index in [1.165, 1.54) is 11.9 Å². The Kier molecular flexibility index (Phi) is 4.17. The smallest absolute Gasteiger partial charge is 0.257 e. The van der Waals surface area contributed by atoms with Gasteiger partial charge in [0.15, 0.2) is 17.4 Å². The number of hydrogen-bond donors (Lipinski definition) is 2. The van der Waals surface area contributed by atoms with Crippen molar-refractivity contribution in [3.05, 3.63) is 29.1 Å². The van der Waals surface area contributed by atoms with Gasteiger partial charge in [0.05, 0.1) is 5.56 Å². The molecule has 4 nitrogen and oxygen atoms in total. The van der Waals surface area contributed by atoms with Crippen molar-refractivity contribution in [2.24, 2.45) is 0 Å². The van der Waals surface area contributed by atoms with Gasteiger partial charge in [0.25, 0.3) is 5.91 Å². The fourth-order valence-electron chi connectivity index (χ4n) is 2.30. The first-order chi connectivity index (χ1) is 9.43. The molecular formula is C13H15F3N2O2. The van der Waals surface area contributed by atoms with Crippen LogP contribution in [0.1, 0.15) is 23.2 Å². The summed E-state index contributed by atoms with van der Waals surface area (Å²) in [6.45, 7) is 1.46. The van der Waals surface area contributed by atoms with Crippen molar-refractivity contribution >= 4 is 5.91 Å². The highest BCUT2D eigenvalue weighted by atomic mass is 19.2. The molecule has 1 heterocycles. The van der Waals surface area contributed by atoms with Crippen molar-refractivity contribution in [3.63, 3.8) is 0 Å². The number of carbonyl (C=O) groups is 1. The van der Waals surface area contributed by atoms with Crippen LogP contribution in [0.5, 0.6) is 5.75 Å². The highest BCUT2D eigenvalue weighted by Gasteiger charge is 2.28. The van der Waals surface area contributed by atoms with Gasteiger partial charge in [0, 0.05) is 13.1 Å². The highest BCUT2D eigenvalue weighted by molar-refractivity contribution is 5.95. The van der Waals surface area contributed by atoms with Crippen molar-refractivity contribution in [1.29, 1.82) is 0 Å². The molecule has 7 heteroatoms. The maximum Gasteiger partial charge on any atom is 0.257 e. The van der Waals surface area contributed by atoms with Gasteiger partial charge >= 0.3 is 0 Å². The normalized spacial score (nSPS) is 16.2. The zero-order chi connectivity index (χ0) is 14.9. The highest BCUT2D eigenvalue weighted by Crippen LogP contribution is 2.27. The molecule has 0 aromatic heterocycles. The maximum absolute atomic E-state index is 13.7. The number of amides is 1. The van der Waals surface area contributed by atoms with Gasteiger partial charge < -0.3 is 15.3 Å². The monoisotopic (exact) mass is 288 g/mol. The van der Waals surface area contributed by atoms with Gasteiger partial charge in [0.1, 0.15) is 0 Å². The second-order valence-corrected chi connectivity index (χ2v) is 4.78. The molecular weight excluding hydrogens is 273 g/mol. The van der Waals surface area contributed by atoms with Gasteiger partial charge in [-0.3, -0.25) is 4.79 Å². The van der Waals surface area contributed by atoms with Crippen LogP contribution in [-0.2, 0) is 0 Å². The summed E-state index contributed by atoms with van der Waals surface area (Å²) in [6, 6.07) is 0.378. The zero-order valence-corrected chi connectivity index (χ0v) is 10.9. The van der Waals surface area contributed by atoms with E-state index in [0.717, 1.165) is 13.1 Å². The molecule has 1 amide bonds. The Balaban J connectivity index is 2.29. The number of carbonyl (C=O) groups excluding carboxylic acids is 1. The van der Waals surface area contributed by atoms with E-state index in [-0.39, 0.29) is 6.04 Å². The number of nitrogens with one attached hydrogen (secondary N) is 1. The zero-order valence-electron chi connectivity index (χ0n) is 10.9. The van der Waals surface area contributed by atoms with Crippen molar-refractivity contribution in [2.45, 2.75) is 18.9 Å². The van der Waals surface area contributed by atoms with E-state index in [2.05, 4.69) is 5.32 Å². The second kappa shape index (κ2) is 5.70. The summed E-state index contributed by atoms with van der Waals surface area (Å²) in [5.41, 5.74) is -0.664. The molecule has 2 rings (SSSR count). The molecule has 1 aromatic rings. The molecule has 0 unspecified atom stereocenters. The summed E-state index contributed by atoms with van der Waals surface area (Å²) >= 11 is 0. The largest absolute Gasteiger partial charge is 0.503 e. The fourth-order valence-corrected chi connectivity index (χ4v) is 2.30. The van der Waals surface area contributed by atoms with E-state index in [9.17, 15) is 18.0 Å². The summed E-state index contributed by atoms with van der Waals surface area (Å²) in [5, 5.41) is 12.3. The third-order valence-corrected chi connectivity index (χ3v) is 3.54. The quantitative estimate of drug-likeness (QED) is 0.813. The Morgan fingerprint density at radius 1 is 1.30 bits per heavy atom. The van der Waals surface area contributed by atoms with Crippen molar-refractivity contribution in [2.75, 3.05) is 20.1 Å². The number of halogens is 3. The van der Waals surface area contributed by atoms with Gasteiger partial charge in [-0.05, 0) is 32.0 Å². The minimum atomic E-state index is -1.69. The lowest BCUT2D eigenvalue weighted by atomic mass is 10.0. The lowest BCUT2D eigenvalue weighted by Gasteiger charge is -2.31. The number of benzene rings is 1. The summed E-state index contributed by atoms with van der Waals surface area (Å²) in [4.78, 5) is 13.4. The van der Waals surface area contributed by atoms with Gasteiger partial charge in [-0.2, -0.15) is 4.39 Å². The summed E-state index contributed by atoms with van der Waals surface area (Å²) in [5.74, 6) is -6.82. The summed E-state index contributed by atoms with van der Waals surface area (Å²) < 4.78 is 39.9. The Bertz CT molecular complexity index is 531. The average Bonchev–Trinajstić information content (AvgIpc) is 2.48. The molecule has 2 N–H and O–H groups in total. The lowest BCUT2D eigenvalue weighted by molar-refractivity contribution is 0.0696. The van der Waals surface area contributed by atoms with Crippen LogP contribution in [0.15, 0.2) is 6.07 Å². The standard InChI is InChI=1S/C13H15F3N2O2/c1-18(7-2-4-17-5-3-7)13(20)8-6-9(14)11(16)12(19)10(8)15/h6-7,17,19H,2-5H2,1H3. The van der Waals surface area contributed by atoms with E-state index < -0.39 is 34.7 Å². The van der Waals surface area contributed by atoms with Crippen LogP contribution in [0.4, 0.5) is 13.2 Å². The van der Waals surface area contributed by atoms with E-state index >= 15 is 0 Å². The Hall–Kier alpha value is -1.76. The first-order valence-electron chi connectivity index (χ1n) is 6.27. The summed E-state index contributed by atoms with van der Waals surface area (Å²) in [7, 11) is 1.48. The third kappa shape index (κ3) is 2.58. The molecule has 1 aliphatic rings. The molecule has 0 aliphatic carbocycles. The number of phenolic OH excluding ortho intramolecular Hbond substituents is 1. The first-order valence-corrected chi connectivity index (χ1v) is 6.27. The molecule has 0 spiro atoms. The van der Waals surface area contributed by atoms with Crippen LogP contribution in [0.25, 0.3) is 0 Å². The molecule has 0 radical (unpaired) electrons. The first kappa shape index (κ1) is 14.6.